The smallest absolute Gasteiger partial charge is 0.340 e. The number of nitrogens with zero attached hydrogens (tertiary/aromatic N) is 2. The Kier molecular flexibility index (Phi) is 7.27. The van der Waals surface area contributed by atoms with Gasteiger partial charge in [0.1, 0.15) is 0 Å². The molecule has 1 aromatic heterocycles. The first-order valence-corrected chi connectivity index (χ1v) is 12.2. The van der Waals surface area contributed by atoms with Gasteiger partial charge < -0.3 is 9.64 Å². The van der Waals surface area contributed by atoms with Gasteiger partial charge >= 0.3 is 5.97 Å². The molecule has 1 aromatic carbocycles. The molecule has 2 heterocycles. The summed E-state index contributed by atoms with van der Waals surface area (Å²) in [6, 6.07) is 8.20. The van der Waals surface area contributed by atoms with Gasteiger partial charge in [-0.3, -0.25) is 4.79 Å². The van der Waals surface area contributed by atoms with Crippen LogP contribution >= 0.6 is 11.3 Å². The van der Waals surface area contributed by atoms with E-state index in [2.05, 4.69) is 4.90 Å². The Morgan fingerprint density at radius 1 is 1.17 bits per heavy atom. The summed E-state index contributed by atoms with van der Waals surface area (Å²) in [6.45, 7) is 1.73. The maximum atomic E-state index is 12.8. The van der Waals surface area contributed by atoms with Crippen molar-refractivity contribution in [2.45, 2.75) is 30.6 Å². The first kappa shape index (κ1) is 22.5. The Morgan fingerprint density at radius 3 is 2.53 bits per heavy atom. The highest BCUT2D eigenvalue weighted by molar-refractivity contribution is 7.89. The van der Waals surface area contributed by atoms with E-state index in [0.717, 1.165) is 30.2 Å². The first-order valence-electron chi connectivity index (χ1n) is 9.86. The Bertz CT molecular complexity index is 994. The second-order valence-electron chi connectivity index (χ2n) is 7.30. The molecule has 3 rings (SSSR count). The van der Waals surface area contributed by atoms with E-state index >= 15 is 0 Å². The summed E-state index contributed by atoms with van der Waals surface area (Å²) in [5, 5.41) is 1.85. The topological polar surface area (TPSA) is 84.0 Å². The molecule has 2 aromatic rings. The number of carbonyl (C=O) groups is 2. The molecular weight excluding hydrogens is 424 g/mol. The van der Waals surface area contributed by atoms with E-state index in [0.29, 0.717) is 23.4 Å². The van der Waals surface area contributed by atoms with Crippen LogP contribution in [0.5, 0.6) is 0 Å². The van der Waals surface area contributed by atoms with Crippen molar-refractivity contribution < 1.29 is 22.7 Å². The number of thiophene rings is 1. The van der Waals surface area contributed by atoms with Gasteiger partial charge in [-0.2, -0.15) is 0 Å². The zero-order valence-corrected chi connectivity index (χ0v) is 18.8. The number of ketones is 1. The molecule has 162 valence electrons. The molecule has 0 N–H and O–H groups in total. The van der Waals surface area contributed by atoms with Crippen LogP contribution in [0.4, 0.5) is 5.69 Å². The van der Waals surface area contributed by atoms with Crippen molar-refractivity contribution in [3.63, 3.8) is 0 Å². The highest BCUT2D eigenvalue weighted by Crippen LogP contribution is 2.29. The largest absolute Gasteiger partial charge is 0.462 e. The molecule has 1 saturated heterocycles. The lowest BCUT2D eigenvalue weighted by molar-refractivity contribution is 0.0494. The van der Waals surface area contributed by atoms with E-state index in [9.17, 15) is 18.0 Å². The van der Waals surface area contributed by atoms with Crippen LogP contribution in [0.3, 0.4) is 0 Å². The fourth-order valence-electron chi connectivity index (χ4n) is 3.32. The van der Waals surface area contributed by atoms with Crippen LogP contribution < -0.4 is 4.90 Å². The van der Waals surface area contributed by atoms with Crippen LogP contribution in [-0.2, 0) is 14.8 Å². The third-order valence-corrected chi connectivity index (χ3v) is 7.71. The molecule has 9 heteroatoms. The predicted octanol–water partition coefficient (Wildman–Crippen LogP) is 3.42. The quantitative estimate of drug-likeness (QED) is 0.331. The van der Waals surface area contributed by atoms with Crippen LogP contribution in [0.25, 0.3) is 0 Å². The molecule has 7 nitrogen and oxygen atoms in total. The van der Waals surface area contributed by atoms with Gasteiger partial charge in [0.2, 0.25) is 10.0 Å². The zero-order valence-electron chi connectivity index (χ0n) is 17.2. The van der Waals surface area contributed by atoms with E-state index in [1.807, 2.05) is 11.4 Å². The molecular formula is C21H26N2O5S2. The summed E-state index contributed by atoms with van der Waals surface area (Å²) in [5.41, 5.74) is 0.925. The number of rotatable bonds is 9. The highest BCUT2D eigenvalue weighted by atomic mass is 32.2. The van der Waals surface area contributed by atoms with Gasteiger partial charge in [0.15, 0.2) is 5.78 Å². The van der Waals surface area contributed by atoms with Gasteiger partial charge in [-0.05, 0) is 48.9 Å². The molecule has 0 unspecified atom stereocenters. The van der Waals surface area contributed by atoms with Crippen LogP contribution in [0.1, 0.15) is 45.7 Å². The van der Waals surface area contributed by atoms with Gasteiger partial charge in [0.25, 0.3) is 0 Å². The van der Waals surface area contributed by atoms with Crippen molar-refractivity contribution in [1.29, 1.82) is 0 Å². The lowest BCUT2D eigenvalue weighted by atomic mass is 10.1. The fraction of sp³-hybridized carbons (Fsp3) is 0.429. The van der Waals surface area contributed by atoms with Gasteiger partial charge in [-0.1, -0.05) is 6.07 Å². The zero-order chi connectivity index (χ0) is 21.7. The van der Waals surface area contributed by atoms with Gasteiger partial charge in [0.05, 0.1) is 27.6 Å². The average molecular weight is 451 g/mol. The van der Waals surface area contributed by atoms with E-state index < -0.39 is 16.0 Å². The molecule has 1 aliphatic rings. The van der Waals surface area contributed by atoms with E-state index in [-0.39, 0.29) is 22.8 Å². The number of carbonyl (C=O) groups excluding carboxylic acids is 2. The predicted molar refractivity (Wildman–Crippen MR) is 117 cm³/mol. The molecule has 0 radical (unpaired) electrons. The van der Waals surface area contributed by atoms with Crippen LogP contribution in [0.15, 0.2) is 40.6 Å². The second kappa shape index (κ2) is 9.72. The van der Waals surface area contributed by atoms with Crippen molar-refractivity contribution in [2.24, 2.45) is 0 Å². The average Bonchev–Trinajstić information content (AvgIpc) is 3.44. The number of sulfonamides is 1. The molecule has 0 bridgehead atoms. The number of esters is 1. The van der Waals surface area contributed by atoms with Crippen molar-refractivity contribution >= 4 is 38.8 Å². The Labute approximate surface area is 181 Å². The Morgan fingerprint density at radius 2 is 1.90 bits per heavy atom. The number of hydrogen-bond donors (Lipinski definition) is 0. The third kappa shape index (κ3) is 5.08. The molecule has 0 spiro atoms. The molecule has 30 heavy (non-hydrogen) atoms. The van der Waals surface area contributed by atoms with Crippen LogP contribution in [0.2, 0.25) is 0 Å². The molecule has 0 atom stereocenters. The minimum atomic E-state index is -3.67. The number of benzene rings is 1. The fourth-order valence-corrected chi connectivity index (χ4v) is 4.94. The number of hydrogen-bond acceptors (Lipinski definition) is 7. The lowest BCUT2D eigenvalue weighted by Crippen LogP contribution is -2.25. The minimum absolute atomic E-state index is 0.0258. The molecule has 1 fully saturated rings. The monoisotopic (exact) mass is 450 g/mol. The second-order valence-corrected chi connectivity index (χ2v) is 10.4. The number of ether oxygens (including phenoxy) is 1. The lowest BCUT2D eigenvalue weighted by Gasteiger charge is -2.22. The molecule has 0 saturated carbocycles. The molecule has 0 amide bonds. The van der Waals surface area contributed by atoms with Gasteiger partial charge in [-0.25, -0.2) is 17.5 Å². The summed E-state index contributed by atoms with van der Waals surface area (Å²) in [4.78, 5) is 27.7. The van der Waals surface area contributed by atoms with Crippen molar-refractivity contribution in [1.82, 2.24) is 4.31 Å². The Hall–Kier alpha value is -2.23. The third-order valence-electron chi connectivity index (χ3n) is 4.99. The van der Waals surface area contributed by atoms with Crippen molar-refractivity contribution in [3.8, 4) is 0 Å². The minimum Gasteiger partial charge on any atom is -0.462 e. The summed E-state index contributed by atoms with van der Waals surface area (Å²) in [7, 11) is -0.770. The maximum Gasteiger partial charge on any atom is 0.340 e. The molecule has 0 aliphatic carbocycles. The normalized spacial score (nSPS) is 14.3. The number of Topliss-reactive ketones (excluding diaryl/α,β-unsaturated/α-hetero) is 1. The number of anilines is 1. The SMILES string of the molecule is CN(C)S(=O)(=O)c1ccc(N2CCCC2)c(C(=O)OCCCC(=O)c2cccs2)c1. The van der Waals surface area contributed by atoms with Crippen molar-refractivity contribution in [3.05, 3.63) is 46.2 Å². The first-order chi connectivity index (χ1) is 14.3. The maximum absolute atomic E-state index is 12.8. The molecule has 1 aliphatic heterocycles. The van der Waals surface area contributed by atoms with E-state index in [1.165, 1.54) is 37.6 Å². The summed E-state index contributed by atoms with van der Waals surface area (Å²) < 4.78 is 31.5. The van der Waals surface area contributed by atoms with Crippen LogP contribution in [0, 0.1) is 0 Å². The standard InChI is InChI=1S/C21H26N2O5S2/c1-22(2)30(26,27)16-9-10-18(23-11-3-4-12-23)17(15-16)21(25)28-13-5-7-19(24)20-8-6-14-29-20/h6,8-10,14-15H,3-5,7,11-13H2,1-2H3. The summed E-state index contributed by atoms with van der Waals surface area (Å²) in [6.07, 6.45) is 2.76. The van der Waals surface area contributed by atoms with Gasteiger partial charge in [-0.15, -0.1) is 11.3 Å². The van der Waals surface area contributed by atoms with E-state index in [4.69, 9.17) is 4.74 Å². The summed E-state index contributed by atoms with van der Waals surface area (Å²) >= 11 is 1.39. The summed E-state index contributed by atoms with van der Waals surface area (Å²) in [5.74, 6) is -0.547. The van der Waals surface area contributed by atoms with Gasteiger partial charge in [0, 0.05) is 33.6 Å². The highest BCUT2D eigenvalue weighted by Gasteiger charge is 2.25. The van der Waals surface area contributed by atoms with Crippen molar-refractivity contribution in [2.75, 3.05) is 38.7 Å². The van der Waals surface area contributed by atoms with E-state index in [1.54, 1.807) is 12.1 Å². The Balaban J connectivity index is 1.72. The van der Waals surface area contributed by atoms with Crippen LogP contribution in [-0.4, -0.2) is 58.3 Å².